The number of anilines is 1. The first kappa shape index (κ1) is 23.0. The second-order valence-electron chi connectivity index (χ2n) is 10.3. The molecule has 0 radical (unpaired) electrons. The second kappa shape index (κ2) is 9.02. The van der Waals surface area contributed by atoms with Crippen LogP contribution in [0.2, 0.25) is 0 Å². The van der Waals surface area contributed by atoms with Gasteiger partial charge in [0.2, 0.25) is 0 Å². The summed E-state index contributed by atoms with van der Waals surface area (Å²) >= 11 is 1.72. The predicted molar refractivity (Wildman–Crippen MR) is 153 cm³/mol. The summed E-state index contributed by atoms with van der Waals surface area (Å²) in [6.07, 6.45) is 0.942. The van der Waals surface area contributed by atoms with E-state index < -0.39 is 5.60 Å². The van der Waals surface area contributed by atoms with Crippen LogP contribution in [0.25, 0.3) is 22.4 Å². The van der Waals surface area contributed by atoms with Gasteiger partial charge in [0.05, 0.1) is 12.6 Å². The quantitative estimate of drug-likeness (QED) is 0.257. The fourth-order valence-electron chi connectivity index (χ4n) is 6.15. The van der Waals surface area contributed by atoms with E-state index in [1.165, 1.54) is 27.1 Å². The molecular weight excluding hydrogens is 486 g/mol. The molecule has 3 aromatic carbocycles. The van der Waals surface area contributed by atoms with Gasteiger partial charge in [0, 0.05) is 27.7 Å². The van der Waals surface area contributed by atoms with E-state index in [9.17, 15) is 5.26 Å². The molecule has 0 bridgehead atoms. The van der Waals surface area contributed by atoms with Crippen LogP contribution in [-0.4, -0.2) is 17.6 Å². The number of fused-ring (bicyclic) bond motifs is 4. The van der Waals surface area contributed by atoms with E-state index in [2.05, 4.69) is 108 Å². The van der Waals surface area contributed by atoms with E-state index in [1.807, 2.05) is 12.1 Å². The second-order valence-corrected chi connectivity index (χ2v) is 11.2. The number of benzene rings is 3. The molecule has 0 fully saturated rings. The van der Waals surface area contributed by atoms with Gasteiger partial charge in [-0.2, -0.15) is 5.26 Å². The van der Waals surface area contributed by atoms with Crippen LogP contribution in [0.5, 0.6) is 0 Å². The molecule has 0 amide bonds. The summed E-state index contributed by atoms with van der Waals surface area (Å²) in [5, 5.41) is 15.3. The number of aromatic amines is 1. The predicted octanol–water partition coefficient (Wildman–Crippen LogP) is 7.89. The van der Waals surface area contributed by atoms with Gasteiger partial charge in [0.25, 0.3) is 0 Å². The smallest absolute Gasteiger partial charge is 0.126 e. The minimum atomic E-state index is -0.586. The highest BCUT2D eigenvalue weighted by molar-refractivity contribution is 7.10. The molecule has 2 atom stereocenters. The first-order valence-electron chi connectivity index (χ1n) is 13.0. The third-order valence-corrected chi connectivity index (χ3v) is 9.13. The van der Waals surface area contributed by atoms with Crippen LogP contribution in [0.1, 0.15) is 46.5 Å². The molecule has 3 heterocycles. The van der Waals surface area contributed by atoms with Gasteiger partial charge in [-0.15, -0.1) is 11.3 Å². The van der Waals surface area contributed by atoms with E-state index in [4.69, 9.17) is 4.74 Å². The Hall–Kier alpha value is -4.11. The fourth-order valence-corrected chi connectivity index (χ4v) is 7.00. The highest BCUT2D eigenvalue weighted by Gasteiger charge is 2.39. The summed E-state index contributed by atoms with van der Waals surface area (Å²) in [6, 6.07) is 34.5. The molecule has 1 aliphatic heterocycles. The zero-order chi connectivity index (χ0) is 25.7. The minimum absolute atomic E-state index is 0.140. The number of ether oxygens (including phenoxy) is 1. The van der Waals surface area contributed by atoms with Crippen molar-refractivity contribution in [1.29, 1.82) is 5.26 Å². The van der Waals surface area contributed by atoms with Crippen LogP contribution < -0.4 is 5.32 Å². The van der Waals surface area contributed by atoms with Crippen LogP contribution in [0.3, 0.4) is 0 Å². The zero-order valence-corrected chi connectivity index (χ0v) is 21.9. The van der Waals surface area contributed by atoms with Crippen molar-refractivity contribution < 1.29 is 4.74 Å². The van der Waals surface area contributed by atoms with E-state index in [0.29, 0.717) is 18.2 Å². The van der Waals surface area contributed by atoms with Crippen molar-refractivity contribution in [3.63, 3.8) is 0 Å². The summed E-state index contributed by atoms with van der Waals surface area (Å²) in [5.41, 5.74) is 9.64. The van der Waals surface area contributed by atoms with Gasteiger partial charge in [-0.1, -0.05) is 60.7 Å². The van der Waals surface area contributed by atoms with Gasteiger partial charge in [-0.05, 0) is 76.9 Å². The fraction of sp³-hybridized carbons (Fsp3) is 0.182. The van der Waals surface area contributed by atoms with Crippen LogP contribution >= 0.6 is 11.3 Å². The molecule has 0 spiro atoms. The Morgan fingerprint density at radius 1 is 0.947 bits per heavy atom. The molecule has 2 aliphatic rings. The highest BCUT2D eigenvalue weighted by Crippen LogP contribution is 2.48. The summed E-state index contributed by atoms with van der Waals surface area (Å²) in [5.74, 6) is 0.320. The topological polar surface area (TPSA) is 60.8 Å². The van der Waals surface area contributed by atoms with Crippen molar-refractivity contribution in [3.05, 3.63) is 124 Å². The Bertz CT molecular complexity index is 1630. The number of hydrogen-bond acceptors (Lipinski definition) is 4. The zero-order valence-electron chi connectivity index (χ0n) is 21.1. The highest BCUT2D eigenvalue weighted by atomic mass is 32.1. The Morgan fingerprint density at radius 3 is 2.39 bits per heavy atom. The number of rotatable bonds is 4. The van der Waals surface area contributed by atoms with E-state index in [-0.39, 0.29) is 6.04 Å². The number of nitriles is 1. The number of aromatic nitrogens is 1. The lowest BCUT2D eigenvalue weighted by Crippen LogP contribution is -2.30. The van der Waals surface area contributed by atoms with Gasteiger partial charge < -0.3 is 15.0 Å². The lowest BCUT2D eigenvalue weighted by Gasteiger charge is -2.29. The summed E-state index contributed by atoms with van der Waals surface area (Å²) < 4.78 is 6.86. The number of thiophene rings is 1. The molecule has 0 saturated heterocycles. The first-order chi connectivity index (χ1) is 18.6. The number of H-pyrrole nitrogens is 1. The first-order valence-corrected chi connectivity index (χ1v) is 13.9. The molecule has 0 saturated carbocycles. The van der Waals surface area contributed by atoms with Crippen LogP contribution in [0.15, 0.2) is 96.4 Å². The van der Waals surface area contributed by atoms with Crippen LogP contribution in [-0.2, 0) is 10.3 Å². The number of hydrogen-bond donors (Lipinski definition) is 2. The molecule has 38 heavy (non-hydrogen) atoms. The summed E-state index contributed by atoms with van der Waals surface area (Å²) in [4.78, 5) is 4.40. The normalized spacial score (nSPS) is 20.1. The van der Waals surface area contributed by atoms with Gasteiger partial charge in [0.1, 0.15) is 17.4 Å². The van der Waals surface area contributed by atoms with E-state index in [0.717, 1.165) is 28.9 Å². The Labute approximate surface area is 226 Å². The van der Waals surface area contributed by atoms with Crippen molar-refractivity contribution in [1.82, 2.24) is 4.98 Å². The van der Waals surface area contributed by atoms with E-state index >= 15 is 0 Å². The maximum absolute atomic E-state index is 9.29. The monoisotopic (exact) mass is 513 g/mol. The molecule has 5 aromatic rings. The number of nitrogens with one attached hydrogen (secondary N) is 2. The van der Waals surface area contributed by atoms with E-state index in [1.54, 1.807) is 11.3 Å². The molecule has 1 aliphatic carbocycles. The van der Waals surface area contributed by atoms with Gasteiger partial charge in [-0.25, -0.2) is 0 Å². The molecule has 186 valence electrons. The van der Waals surface area contributed by atoms with Crippen molar-refractivity contribution in [2.24, 2.45) is 0 Å². The molecule has 4 nitrogen and oxygen atoms in total. The molecule has 5 heteroatoms. The van der Waals surface area contributed by atoms with Crippen molar-refractivity contribution in [3.8, 4) is 28.5 Å². The SMILES string of the molecule is C[C@@]1(c2cccs2)OCC(CC2c3ccccc3-c3ccccc32)Nc2ccc(-c3ccc(C#N)[nH]3)cc21. The van der Waals surface area contributed by atoms with Crippen molar-refractivity contribution in [2.45, 2.75) is 30.9 Å². The average molecular weight is 514 g/mol. The maximum atomic E-state index is 9.29. The largest absolute Gasteiger partial charge is 0.380 e. The van der Waals surface area contributed by atoms with Crippen molar-refractivity contribution >= 4 is 17.0 Å². The summed E-state index contributed by atoms with van der Waals surface area (Å²) in [7, 11) is 0. The molecule has 2 N–H and O–H groups in total. The minimum Gasteiger partial charge on any atom is -0.380 e. The molecule has 1 unspecified atom stereocenters. The van der Waals surface area contributed by atoms with Crippen LogP contribution in [0.4, 0.5) is 5.69 Å². The van der Waals surface area contributed by atoms with Crippen LogP contribution in [0, 0.1) is 11.3 Å². The standard InChI is InChI=1S/C33H27N3OS/c1-33(32-11-6-16-38-32)29-17-21(30-15-13-22(19-34)35-30)12-14-31(29)36-23(20-37-33)18-28-26-9-4-2-7-24(26)25-8-3-5-10-27(25)28/h2-17,23,28,35-36H,18,20H2,1H3/t23?,33-/m1/s1. The van der Waals surface area contributed by atoms with Crippen molar-refractivity contribution in [2.75, 3.05) is 11.9 Å². The van der Waals surface area contributed by atoms with Gasteiger partial charge in [0.15, 0.2) is 0 Å². The molecule has 7 rings (SSSR count). The Morgan fingerprint density at radius 2 is 1.71 bits per heavy atom. The Kier molecular flexibility index (Phi) is 5.47. The third-order valence-electron chi connectivity index (χ3n) is 8.06. The maximum Gasteiger partial charge on any atom is 0.126 e. The molecular formula is C33H27N3OS. The van der Waals surface area contributed by atoms with Gasteiger partial charge in [-0.3, -0.25) is 0 Å². The Balaban J connectivity index is 1.28. The molecule has 2 aromatic heterocycles. The lowest BCUT2D eigenvalue weighted by atomic mass is 9.89. The third kappa shape index (κ3) is 3.68. The lowest BCUT2D eigenvalue weighted by molar-refractivity contribution is -0.00293. The average Bonchev–Trinajstić information content (AvgIpc) is 3.71. The summed E-state index contributed by atoms with van der Waals surface area (Å²) in [6.45, 7) is 2.78. The van der Waals surface area contributed by atoms with Gasteiger partial charge >= 0.3 is 0 Å². The number of nitrogens with zero attached hydrogens (tertiary/aromatic N) is 1.